The Kier molecular flexibility index (Phi) is 5.54. The molecule has 7 heteroatoms. The molecule has 0 radical (unpaired) electrons. The van der Waals surface area contributed by atoms with Crippen LogP contribution in [0.1, 0.15) is 16.8 Å². The Morgan fingerprint density at radius 3 is 2.68 bits per heavy atom. The van der Waals surface area contributed by atoms with Gasteiger partial charge in [0.1, 0.15) is 0 Å². The maximum atomic E-state index is 13.3. The summed E-state index contributed by atoms with van der Waals surface area (Å²) >= 11 is 7.58. The first-order valence-corrected chi connectivity index (χ1v) is 10.4. The van der Waals surface area contributed by atoms with Crippen LogP contribution in [0.2, 0.25) is 5.02 Å². The molecule has 2 aromatic heterocycles. The highest BCUT2D eigenvalue weighted by atomic mass is 35.5. The molecule has 0 unspecified atom stereocenters. The van der Waals surface area contributed by atoms with Gasteiger partial charge in [-0.1, -0.05) is 23.7 Å². The van der Waals surface area contributed by atoms with Crippen molar-refractivity contribution < 1.29 is 8.42 Å². The highest BCUT2D eigenvalue weighted by Crippen LogP contribution is 2.26. The second-order valence-corrected chi connectivity index (χ2v) is 8.76. The molecular formula is C18H17ClN2O2S2. The molecule has 0 saturated heterocycles. The van der Waals surface area contributed by atoms with Gasteiger partial charge in [-0.25, -0.2) is 8.42 Å². The number of aromatic nitrogens is 1. The second kappa shape index (κ2) is 7.66. The van der Waals surface area contributed by atoms with Crippen LogP contribution < -0.4 is 0 Å². The minimum Gasteiger partial charge on any atom is -0.260 e. The maximum Gasteiger partial charge on any atom is 0.244 e. The number of thiophene rings is 1. The fourth-order valence-corrected chi connectivity index (χ4v) is 5.02. The van der Waals surface area contributed by atoms with E-state index in [1.54, 1.807) is 36.6 Å². The van der Waals surface area contributed by atoms with Crippen LogP contribution >= 0.6 is 22.9 Å². The lowest BCUT2D eigenvalue weighted by Crippen LogP contribution is -2.31. The number of rotatable bonds is 6. The van der Waals surface area contributed by atoms with Gasteiger partial charge in [-0.2, -0.15) is 15.6 Å². The molecule has 0 bridgehead atoms. The molecule has 0 aliphatic carbocycles. The number of halogens is 1. The van der Waals surface area contributed by atoms with Crippen LogP contribution in [0.15, 0.2) is 64.3 Å². The third-order valence-electron chi connectivity index (χ3n) is 3.77. The van der Waals surface area contributed by atoms with Crippen molar-refractivity contribution in [3.8, 4) is 0 Å². The number of aryl methyl sites for hydroxylation is 1. The lowest BCUT2D eigenvalue weighted by atomic mass is 10.2. The standard InChI is InChI=1S/C18H17ClN2O2S2/c1-14-5-6-16(19)10-18(14)25(22,23)21(11-15-7-9-24-13-15)12-17-4-2-3-8-20-17/h2-10,13H,11-12H2,1H3. The van der Waals surface area contributed by atoms with Crippen LogP contribution in [0, 0.1) is 6.92 Å². The van der Waals surface area contributed by atoms with Gasteiger partial charge in [0.15, 0.2) is 0 Å². The average Bonchev–Trinajstić information content (AvgIpc) is 3.10. The van der Waals surface area contributed by atoms with Gasteiger partial charge in [-0.3, -0.25) is 4.98 Å². The summed E-state index contributed by atoms with van der Waals surface area (Å²) in [6.07, 6.45) is 1.66. The molecule has 0 saturated carbocycles. The molecule has 3 aromatic rings. The summed E-state index contributed by atoms with van der Waals surface area (Å²) in [5, 5.41) is 4.29. The molecule has 0 N–H and O–H groups in total. The number of hydrogen-bond donors (Lipinski definition) is 0. The Labute approximate surface area is 156 Å². The van der Waals surface area contributed by atoms with Crippen molar-refractivity contribution in [2.45, 2.75) is 24.9 Å². The number of sulfonamides is 1. The lowest BCUT2D eigenvalue weighted by Gasteiger charge is -2.22. The molecule has 1 aromatic carbocycles. The molecule has 130 valence electrons. The fourth-order valence-electron chi connectivity index (χ4n) is 2.48. The average molecular weight is 393 g/mol. The summed E-state index contributed by atoms with van der Waals surface area (Å²) in [7, 11) is -3.72. The van der Waals surface area contributed by atoms with Crippen LogP contribution in [0.3, 0.4) is 0 Å². The first-order chi connectivity index (χ1) is 12.0. The van der Waals surface area contributed by atoms with Crippen LogP contribution in [-0.2, 0) is 23.1 Å². The number of nitrogens with zero attached hydrogens (tertiary/aromatic N) is 2. The van der Waals surface area contributed by atoms with Crippen LogP contribution in [0.25, 0.3) is 0 Å². The van der Waals surface area contributed by atoms with Crippen molar-refractivity contribution in [1.29, 1.82) is 0 Å². The number of pyridine rings is 1. The van der Waals surface area contributed by atoms with E-state index >= 15 is 0 Å². The smallest absolute Gasteiger partial charge is 0.244 e. The van der Waals surface area contributed by atoms with Gasteiger partial charge in [0.05, 0.1) is 17.1 Å². The van der Waals surface area contributed by atoms with Gasteiger partial charge < -0.3 is 0 Å². The predicted molar refractivity (Wildman–Crippen MR) is 101 cm³/mol. The molecule has 0 spiro atoms. The maximum absolute atomic E-state index is 13.3. The number of hydrogen-bond acceptors (Lipinski definition) is 4. The van der Waals surface area contributed by atoms with Crippen molar-refractivity contribution in [2.24, 2.45) is 0 Å². The van der Waals surface area contributed by atoms with E-state index in [1.165, 1.54) is 10.4 Å². The Hall–Kier alpha value is -1.73. The van der Waals surface area contributed by atoms with Crippen molar-refractivity contribution in [3.63, 3.8) is 0 Å². The van der Waals surface area contributed by atoms with Gasteiger partial charge in [-0.15, -0.1) is 0 Å². The molecule has 0 amide bonds. The largest absolute Gasteiger partial charge is 0.260 e. The van der Waals surface area contributed by atoms with E-state index in [-0.39, 0.29) is 18.0 Å². The molecule has 0 aliphatic rings. The zero-order chi connectivity index (χ0) is 17.9. The highest BCUT2D eigenvalue weighted by molar-refractivity contribution is 7.89. The van der Waals surface area contributed by atoms with Gasteiger partial charge in [0.2, 0.25) is 10.0 Å². The van der Waals surface area contributed by atoms with E-state index in [0.29, 0.717) is 16.3 Å². The Morgan fingerprint density at radius 1 is 1.16 bits per heavy atom. The normalized spacial score (nSPS) is 11.8. The summed E-state index contributed by atoms with van der Waals surface area (Å²) in [5.41, 5.74) is 2.31. The molecule has 25 heavy (non-hydrogen) atoms. The summed E-state index contributed by atoms with van der Waals surface area (Å²) in [4.78, 5) is 4.49. The zero-order valence-corrected chi connectivity index (χ0v) is 16.0. The van der Waals surface area contributed by atoms with E-state index in [1.807, 2.05) is 35.0 Å². The lowest BCUT2D eigenvalue weighted by molar-refractivity contribution is 0.397. The molecule has 0 fully saturated rings. The third kappa shape index (κ3) is 4.27. The summed E-state index contributed by atoms with van der Waals surface area (Å²) < 4.78 is 28.0. The molecule has 2 heterocycles. The van der Waals surface area contributed by atoms with Crippen molar-refractivity contribution >= 4 is 33.0 Å². The van der Waals surface area contributed by atoms with Crippen molar-refractivity contribution in [2.75, 3.05) is 0 Å². The van der Waals surface area contributed by atoms with E-state index in [9.17, 15) is 8.42 Å². The van der Waals surface area contributed by atoms with Gasteiger partial charge in [-0.05, 0) is 59.1 Å². The van der Waals surface area contributed by atoms with E-state index in [2.05, 4.69) is 4.98 Å². The van der Waals surface area contributed by atoms with E-state index < -0.39 is 10.0 Å². The minimum absolute atomic E-state index is 0.199. The third-order valence-corrected chi connectivity index (χ3v) is 6.67. The van der Waals surface area contributed by atoms with Crippen LogP contribution in [0.4, 0.5) is 0 Å². The predicted octanol–water partition coefficient (Wildman–Crippen LogP) is 4.50. The minimum atomic E-state index is -3.72. The SMILES string of the molecule is Cc1ccc(Cl)cc1S(=O)(=O)N(Cc1ccsc1)Cc1ccccn1. The first-order valence-electron chi connectivity index (χ1n) is 7.64. The summed E-state index contributed by atoms with van der Waals surface area (Å²) in [6, 6.07) is 12.3. The monoisotopic (exact) mass is 392 g/mol. The van der Waals surface area contributed by atoms with Crippen molar-refractivity contribution in [1.82, 2.24) is 9.29 Å². The first kappa shape index (κ1) is 18.1. The van der Waals surface area contributed by atoms with Gasteiger partial charge in [0.25, 0.3) is 0 Å². The molecule has 4 nitrogen and oxygen atoms in total. The molecular weight excluding hydrogens is 376 g/mol. The summed E-state index contributed by atoms with van der Waals surface area (Å²) in [6.45, 7) is 2.26. The van der Waals surface area contributed by atoms with Crippen LogP contribution in [0.5, 0.6) is 0 Å². The highest BCUT2D eigenvalue weighted by Gasteiger charge is 2.27. The Morgan fingerprint density at radius 2 is 2.00 bits per heavy atom. The van der Waals surface area contributed by atoms with E-state index in [4.69, 9.17) is 11.6 Å². The topological polar surface area (TPSA) is 50.3 Å². The molecule has 3 rings (SSSR count). The molecule has 0 atom stereocenters. The second-order valence-electron chi connectivity index (χ2n) is 5.64. The Bertz CT molecular complexity index is 942. The quantitative estimate of drug-likeness (QED) is 0.620. The fraction of sp³-hybridized carbons (Fsp3) is 0.167. The van der Waals surface area contributed by atoms with E-state index in [0.717, 1.165) is 5.56 Å². The Balaban J connectivity index is 2.01. The summed E-state index contributed by atoms with van der Waals surface area (Å²) in [5.74, 6) is 0. The molecule has 0 aliphatic heterocycles. The van der Waals surface area contributed by atoms with Gasteiger partial charge in [0, 0.05) is 17.8 Å². The van der Waals surface area contributed by atoms with Gasteiger partial charge >= 0.3 is 0 Å². The zero-order valence-electron chi connectivity index (χ0n) is 13.6. The van der Waals surface area contributed by atoms with Crippen molar-refractivity contribution in [3.05, 3.63) is 81.3 Å². The number of benzene rings is 1. The van der Waals surface area contributed by atoms with Crippen LogP contribution in [-0.4, -0.2) is 17.7 Å².